The second-order valence-corrected chi connectivity index (χ2v) is 6.93. The highest BCUT2D eigenvalue weighted by Gasteiger charge is 2.20. The van der Waals surface area contributed by atoms with Crippen molar-refractivity contribution < 1.29 is 9.53 Å². The number of pyridine rings is 1. The van der Waals surface area contributed by atoms with Crippen molar-refractivity contribution in [3.05, 3.63) is 42.1 Å². The fourth-order valence-corrected chi connectivity index (χ4v) is 4.15. The summed E-state index contributed by atoms with van der Waals surface area (Å²) in [5.41, 5.74) is 10.2. The van der Waals surface area contributed by atoms with Gasteiger partial charge < -0.3 is 19.8 Å². The zero-order valence-corrected chi connectivity index (χ0v) is 14.6. The second-order valence-electron chi connectivity index (χ2n) is 5.83. The topological polar surface area (TPSA) is 84.2 Å². The number of hydrogen-bond acceptors (Lipinski definition) is 6. The number of benzene rings is 1. The van der Waals surface area contributed by atoms with Gasteiger partial charge in [-0.2, -0.15) is 0 Å². The van der Waals surface area contributed by atoms with Crippen LogP contribution in [0.5, 0.6) is 0 Å². The lowest BCUT2D eigenvalue weighted by Crippen LogP contribution is -2.09. The van der Waals surface area contributed by atoms with Crippen molar-refractivity contribution in [1.29, 1.82) is 0 Å². The standard InChI is InChI=1S/C18H18N4O2S/c1-24-18(23)13-10-20-17(19)16-12(13)9-14(21-16)11-5-2-3-6-15(11)22-7-4-8-25-22/h2-3,5-6,9-10,21H,4,7-8H2,1H3,(H2,19,20). The van der Waals surface area contributed by atoms with Crippen molar-refractivity contribution in [3.8, 4) is 11.3 Å². The number of aromatic amines is 1. The third kappa shape index (κ3) is 2.70. The summed E-state index contributed by atoms with van der Waals surface area (Å²) in [4.78, 5) is 19.5. The molecule has 128 valence electrons. The van der Waals surface area contributed by atoms with Gasteiger partial charge in [0.05, 0.1) is 23.9 Å². The molecule has 1 fully saturated rings. The Morgan fingerprint density at radius 3 is 3.00 bits per heavy atom. The molecule has 3 heterocycles. The van der Waals surface area contributed by atoms with Crippen molar-refractivity contribution in [2.24, 2.45) is 0 Å². The van der Waals surface area contributed by atoms with Gasteiger partial charge in [-0.3, -0.25) is 0 Å². The second kappa shape index (κ2) is 6.33. The average Bonchev–Trinajstić information content (AvgIpc) is 3.31. The van der Waals surface area contributed by atoms with Gasteiger partial charge in [-0.15, -0.1) is 0 Å². The fraction of sp³-hybridized carbons (Fsp3) is 0.222. The van der Waals surface area contributed by atoms with Gasteiger partial charge in [-0.05, 0) is 30.5 Å². The van der Waals surface area contributed by atoms with Crippen LogP contribution in [0.15, 0.2) is 36.5 Å². The van der Waals surface area contributed by atoms with Crippen LogP contribution in [0, 0.1) is 0 Å². The zero-order valence-electron chi connectivity index (χ0n) is 13.8. The Balaban J connectivity index is 1.89. The number of nitrogens with zero attached hydrogens (tertiary/aromatic N) is 2. The summed E-state index contributed by atoms with van der Waals surface area (Å²) in [7, 11) is 1.36. The first kappa shape index (κ1) is 15.8. The first-order valence-electron chi connectivity index (χ1n) is 8.04. The number of anilines is 2. The van der Waals surface area contributed by atoms with Crippen LogP contribution in [-0.2, 0) is 4.74 Å². The molecule has 0 atom stereocenters. The molecule has 3 N–H and O–H groups in total. The third-order valence-electron chi connectivity index (χ3n) is 4.32. The van der Waals surface area contributed by atoms with Crippen LogP contribution in [0.3, 0.4) is 0 Å². The SMILES string of the molecule is COC(=O)c1cnc(N)c2[nH]c(-c3ccccc3N3CCCS3)cc12. The minimum atomic E-state index is -0.425. The smallest absolute Gasteiger partial charge is 0.340 e. The van der Waals surface area contributed by atoms with Crippen LogP contribution in [0.1, 0.15) is 16.8 Å². The number of methoxy groups -OCH3 is 1. The quantitative estimate of drug-likeness (QED) is 0.553. The Hall–Kier alpha value is -2.67. The Morgan fingerprint density at radius 2 is 2.24 bits per heavy atom. The van der Waals surface area contributed by atoms with E-state index in [0.29, 0.717) is 16.9 Å². The Labute approximate surface area is 149 Å². The maximum atomic E-state index is 12.0. The minimum Gasteiger partial charge on any atom is -0.465 e. The number of carbonyl (C=O) groups is 1. The number of esters is 1. The molecule has 0 radical (unpaired) electrons. The Bertz CT molecular complexity index is 947. The van der Waals surface area contributed by atoms with Gasteiger partial charge in [-0.25, -0.2) is 9.78 Å². The van der Waals surface area contributed by atoms with Crippen LogP contribution in [-0.4, -0.2) is 35.3 Å². The van der Waals surface area contributed by atoms with Gasteiger partial charge in [0.25, 0.3) is 0 Å². The van der Waals surface area contributed by atoms with Gasteiger partial charge in [0.1, 0.15) is 5.82 Å². The molecular formula is C18H18N4O2S. The molecular weight excluding hydrogens is 336 g/mol. The van der Waals surface area contributed by atoms with Gasteiger partial charge >= 0.3 is 5.97 Å². The van der Waals surface area contributed by atoms with Crippen molar-refractivity contribution in [2.75, 3.05) is 29.4 Å². The van der Waals surface area contributed by atoms with E-state index in [9.17, 15) is 4.79 Å². The summed E-state index contributed by atoms with van der Waals surface area (Å²) in [5.74, 6) is 1.07. The monoisotopic (exact) mass is 354 g/mol. The number of H-pyrrole nitrogens is 1. The van der Waals surface area contributed by atoms with E-state index < -0.39 is 5.97 Å². The number of carbonyl (C=O) groups excluding carboxylic acids is 1. The maximum absolute atomic E-state index is 12.0. The van der Waals surface area contributed by atoms with E-state index in [4.69, 9.17) is 10.5 Å². The van der Waals surface area contributed by atoms with E-state index in [1.54, 1.807) is 0 Å². The molecule has 0 bridgehead atoms. The Kier molecular flexibility index (Phi) is 4.01. The molecule has 1 aliphatic rings. The number of nitrogens with one attached hydrogen (secondary N) is 1. The van der Waals surface area contributed by atoms with E-state index in [2.05, 4.69) is 26.4 Å². The molecule has 7 heteroatoms. The molecule has 4 rings (SSSR count). The maximum Gasteiger partial charge on any atom is 0.340 e. The first-order valence-corrected chi connectivity index (χ1v) is 8.98. The molecule has 0 spiro atoms. The summed E-state index contributed by atoms with van der Waals surface area (Å²) in [6.07, 6.45) is 2.64. The van der Waals surface area contributed by atoms with Crippen molar-refractivity contribution in [2.45, 2.75) is 6.42 Å². The minimum absolute atomic E-state index is 0.363. The molecule has 0 aliphatic carbocycles. The molecule has 3 aromatic rings. The molecule has 1 aromatic carbocycles. The number of rotatable bonds is 3. The van der Waals surface area contributed by atoms with Gasteiger partial charge in [0.2, 0.25) is 0 Å². The number of nitrogens with two attached hydrogens (primary N) is 1. The first-order chi connectivity index (χ1) is 12.2. The normalized spacial score (nSPS) is 14.2. The lowest BCUT2D eigenvalue weighted by Gasteiger charge is -2.19. The van der Waals surface area contributed by atoms with Crippen molar-refractivity contribution in [1.82, 2.24) is 9.97 Å². The summed E-state index contributed by atoms with van der Waals surface area (Å²) in [6.45, 7) is 1.03. The molecule has 1 saturated heterocycles. The number of para-hydroxylation sites is 1. The Morgan fingerprint density at radius 1 is 1.40 bits per heavy atom. The van der Waals surface area contributed by atoms with Gasteiger partial charge in [0.15, 0.2) is 0 Å². The molecule has 0 amide bonds. The van der Waals surface area contributed by atoms with Gasteiger partial charge in [-0.1, -0.05) is 18.2 Å². The van der Waals surface area contributed by atoms with Crippen LogP contribution in [0.25, 0.3) is 22.2 Å². The highest BCUT2D eigenvalue weighted by Crippen LogP contribution is 2.38. The lowest BCUT2D eigenvalue weighted by atomic mass is 10.1. The van der Waals surface area contributed by atoms with E-state index in [1.807, 2.05) is 30.1 Å². The molecule has 1 aliphatic heterocycles. The third-order valence-corrected chi connectivity index (χ3v) is 5.48. The number of aromatic nitrogens is 2. The van der Waals surface area contributed by atoms with Crippen molar-refractivity contribution in [3.63, 3.8) is 0 Å². The fourth-order valence-electron chi connectivity index (χ4n) is 3.11. The summed E-state index contributed by atoms with van der Waals surface area (Å²) in [5, 5.41) is 0.721. The van der Waals surface area contributed by atoms with Crippen LogP contribution < -0.4 is 10.0 Å². The molecule has 0 unspecified atom stereocenters. The van der Waals surface area contributed by atoms with E-state index in [-0.39, 0.29) is 0 Å². The van der Waals surface area contributed by atoms with Gasteiger partial charge in [0, 0.05) is 35.1 Å². The average molecular weight is 354 g/mol. The molecule has 25 heavy (non-hydrogen) atoms. The number of ether oxygens (including phenoxy) is 1. The van der Waals surface area contributed by atoms with E-state index in [1.165, 1.54) is 19.7 Å². The van der Waals surface area contributed by atoms with Crippen molar-refractivity contribution >= 4 is 40.3 Å². The zero-order chi connectivity index (χ0) is 17.4. The summed E-state index contributed by atoms with van der Waals surface area (Å²) < 4.78 is 7.17. The van der Waals surface area contributed by atoms with Crippen LogP contribution in [0.2, 0.25) is 0 Å². The predicted molar refractivity (Wildman–Crippen MR) is 102 cm³/mol. The number of fused-ring (bicyclic) bond motifs is 1. The van der Waals surface area contributed by atoms with Crippen LogP contribution in [0.4, 0.5) is 11.5 Å². The molecule has 2 aromatic heterocycles. The van der Waals surface area contributed by atoms with E-state index in [0.717, 1.165) is 34.6 Å². The summed E-state index contributed by atoms with van der Waals surface area (Å²) >= 11 is 1.83. The number of nitrogen functional groups attached to an aromatic ring is 1. The largest absolute Gasteiger partial charge is 0.465 e. The summed E-state index contributed by atoms with van der Waals surface area (Å²) in [6, 6.07) is 10.2. The molecule has 0 saturated carbocycles. The van der Waals surface area contributed by atoms with Crippen LogP contribution >= 0.6 is 11.9 Å². The number of hydrogen-bond donors (Lipinski definition) is 2. The van der Waals surface area contributed by atoms with E-state index >= 15 is 0 Å². The predicted octanol–water partition coefficient (Wildman–Crippen LogP) is 3.46. The lowest BCUT2D eigenvalue weighted by molar-refractivity contribution is 0.0602. The highest BCUT2D eigenvalue weighted by atomic mass is 32.2. The highest BCUT2D eigenvalue weighted by molar-refractivity contribution is 8.00. The molecule has 6 nitrogen and oxygen atoms in total.